The smallest absolute Gasteiger partial charge is 0.185 e. The average Bonchev–Trinajstić information content (AvgIpc) is 2.97. The summed E-state index contributed by atoms with van der Waals surface area (Å²) in [4.78, 5) is 12.2. The molecule has 0 spiro atoms. The van der Waals surface area contributed by atoms with Gasteiger partial charge in [0, 0.05) is 36.7 Å². The fourth-order valence-electron chi connectivity index (χ4n) is 2.39. The molecular formula is C14H13ClN2O2. The van der Waals surface area contributed by atoms with Crippen LogP contribution in [0.5, 0.6) is 5.75 Å². The Balaban J connectivity index is 1.92. The molecule has 0 radical (unpaired) electrons. The molecule has 98 valence electrons. The van der Waals surface area contributed by atoms with Gasteiger partial charge in [-0.15, -0.1) is 0 Å². The predicted molar refractivity (Wildman–Crippen MR) is 71.9 cm³/mol. The van der Waals surface area contributed by atoms with Crippen molar-refractivity contribution in [3.8, 4) is 5.75 Å². The highest BCUT2D eigenvalue weighted by atomic mass is 35.5. The maximum absolute atomic E-state index is 12.2. The lowest BCUT2D eigenvalue weighted by Crippen LogP contribution is -2.10. The lowest BCUT2D eigenvalue weighted by atomic mass is 10.0. The van der Waals surface area contributed by atoms with E-state index in [4.69, 9.17) is 16.3 Å². The molecule has 0 N–H and O–H groups in total. The van der Waals surface area contributed by atoms with E-state index in [9.17, 15) is 4.79 Å². The van der Waals surface area contributed by atoms with Crippen LogP contribution in [0.15, 0.2) is 24.4 Å². The molecule has 4 nitrogen and oxygen atoms in total. The summed E-state index contributed by atoms with van der Waals surface area (Å²) in [6, 6.07) is 5.43. The molecule has 1 aromatic carbocycles. The van der Waals surface area contributed by atoms with E-state index in [1.807, 2.05) is 6.07 Å². The molecule has 0 amide bonds. The number of ether oxygens (including phenoxy) is 1. The quantitative estimate of drug-likeness (QED) is 0.809. The second kappa shape index (κ2) is 4.70. The lowest BCUT2D eigenvalue weighted by Gasteiger charge is -2.08. The van der Waals surface area contributed by atoms with Gasteiger partial charge in [-0.3, -0.25) is 9.48 Å². The van der Waals surface area contributed by atoms with Gasteiger partial charge < -0.3 is 4.74 Å². The Hall–Kier alpha value is -1.81. The van der Waals surface area contributed by atoms with Gasteiger partial charge in [-0.25, -0.2) is 0 Å². The van der Waals surface area contributed by atoms with Crippen LogP contribution >= 0.6 is 11.6 Å². The molecule has 3 rings (SSSR count). The number of benzene rings is 1. The van der Waals surface area contributed by atoms with Gasteiger partial charge in [0.2, 0.25) is 0 Å². The van der Waals surface area contributed by atoms with Gasteiger partial charge in [0.15, 0.2) is 5.78 Å². The second-order valence-electron chi connectivity index (χ2n) is 4.59. The van der Waals surface area contributed by atoms with Crippen LogP contribution in [-0.2, 0) is 19.9 Å². The third-order valence-corrected chi connectivity index (χ3v) is 3.50. The van der Waals surface area contributed by atoms with E-state index in [1.165, 1.54) is 0 Å². The van der Waals surface area contributed by atoms with Crippen molar-refractivity contribution in [2.45, 2.75) is 12.8 Å². The second-order valence-corrected chi connectivity index (χ2v) is 5.03. The van der Waals surface area contributed by atoms with Crippen molar-refractivity contribution in [3.05, 3.63) is 46.2 Å². The van der Waals surface area contributed by atoms with Crippen LogP contribution in [0.25, 0.3) is 0 Å². The van der Waals surface area contributed by atoms with Crippen molar-refractivity contribution in [3.63, 3.8) is 0 Å². The third kappa shape index (κ3) is 2.24. The summed E-state index contributed by atoms with van der Waals surface area (Å²) in [5, 5.41) is 4.66. The van der Waals surface area contributed by atoms with Gasteiger partial charge in [-0.2, -0.15) is 5.10 Å². The van der Waals surface area contributed by atoms with Crippen molar-refractivity contribution >= 4 is 17.4 Å². The number of nitrogens with zero attached hydrogens (tertiary/aromatic N) is 2. The fourth-order valence-corrected chi connectivity index (χ4v) is 2.65. The molecule has 0 atom stereocenters. The third-order valence-electron chi connectivity index (χ3n) is 3.28. The maximum Gasteiger partial charge on any atom is 0.185 e. The summed E-state index contributed by atoms with van der Waals surface area (Å²) >= 11 is 6.08. The molecule has 1 aliphatic heterocycles. The van der Waals surface area contributed by atoms with Crippen LogP contribution in [0.3, 0.4) is 0 Å². The summed E-state index contributed by atoms with van der Waals surface area (Å²) in [5.41, 5.74) is 2.53. The minimum atomic E-state index is 0.0139. The van der Waals surface area contributed by atoms with Crippen molar-refractivity contribution in [1.82, 2.24) is 9.78 Å². The molecule has 5 heteroatoms. The molecule has 0 unspecified atom stereocenters. The van der Waals surface area contributed by atoms with Gasteiger partial charge in [0.05, 0.1) is 6.61 Å². The Morgan fingerprint density at radius 3 is 3.11 bits per heavy atom. The Morgan fingerprint density at radius 2 is 2.37 bits per heavy atom. The number of aryl methyl sites for hydroxylation is 1. The highest BCUT2D eigenvalue weighted by Crippen LogP contribution is 2.33. The highest BCUT2D eigenvalue weighted by molar-refractivity contribution is 6.30. The van der Waals surface area contributed by atoms with E-state index in [-0.39, 0.29) is 12.2 Å². The van der Waals surface area contributed by atoms with Gasteiger partial charge in [-0.05, 0) is 23.8 Å². The standard InChI is InChI=1S/C14H13ClN2O2/c1-17-12(2-4-16-17)13(18)8-10-7-11(15)6-9-3-5-19-14(9)10/h2,4,6-7H,3,5,8H2,1H3. The first-order valence-corrected chi connectivity index (χ1v) is 6.48. The minimum absolute atomic E-state index is 0.0139. The Kier molecular flexibility index (Phi) is 3.03. The number of carbonyl (C=O) groups is 1. The van der Waals surface area contributed by atoms with E-state index in [0.717, 1.165) is 23.3 Å². The summed E-state index contributed by atoms with van der Waals surface area (Å²) < 4.78 is 7.18. The van der Waals surface area contributed by atoms with Crippen molar-refractivity contribution < 1.29 is 9.53 Å². The minimum Gasteiger partial charge on any atom is -0.493 e. The maximum atomic E-state index is 12.2. The monoisotopic (exact) mass is 276 g/mol. The Morgan fingerprint density at radius 1 is 1.53 bits per heavy atom. The van der Waals surface area contributed by atoms with Crippen LogP contribution in [0.2, 0.25) is 5.02 Å². The Labute approximate surface area is 115 Å². The molecule has 2 heterocycles. The highest BCUT2D eigenvalue weighted by Gasteiger charge is 2.20. The van der Waals surface area contributed by atoms with Crippen LogP contribution < -0.4 is 4.74 Å². The molecule has 19 heavy (non-hydrogen) atoms. The van der Waals surface area contributed by atoms with Crippen molar-refractivity contribution in [1.29, 1.82) is 0 Å². The van der Waals surface area contributed by atoms with Gasteiger partial charge in [0.25, 0.3) is 0 Å². The van der Waals surface area contributed by atoms with Crippen LogP contribution in [0.4, 0.5) is 0 Å². The number of hydrogen-bond acceptors (Lipinski definition) is 3. The number of halogens is 1. The number of ketones is 1. The molecule has 0 aliphatic carbocycles. The molecular weight excluding hydrogens is 264 g/mol. The first-order chi connectivity index (χ1) is 9.15. The zero-order chi connectivity index (χ0) is 13.4. The first-order valence-electron chi connectivity index (χ1n) is 6.10. The zero-order valence-electron chi connectivity index (χ0n) is 10.5. The SMILES string of the molecule is Cn1nccc1C(=O)Cc1cc(Cl)cc2c1OCC2. The van der Waals surface area contributed by atoms with E-state index >= 15 is 0 Å². The topological polar surface area (TPSA) is 44.1 Å². The summed E-state index contributed by atoms with van der Waals surface area (Å²) in [5.74, 6) is 0.833. The molecule has 0 saturated heterocycles. The number of hydrogen-bond donors (Lipinski definition) is 0. The molecule has 1 aromatic heterocycles. The van der Waals surface area contributed by atoms with E-state index < -0.39 is 0 Å². The molecule has 0 bridgehead atoms. The number of carbonyl (C=O) groups excluding carboxylic acids is 1. The average molecular weight is 277 g/mol. The van der Waals surface area contributed by atoms with E-state index in [1.54, 1.807) is 30.1 Å². The van der Waals surface area contributed by atoms with Crippen molar-refractivity contribution in [2.24, 2.45) is 7.05 Å². The predicted octanol–water partition coefficient (Wildman–Crippen LogP) is 2.43. The normalized spacial score (nSPS) is 13.2. The van der Waals surface area contributed by atoms with Crippen LogP contribution in [-0.4, -0.2) is 22.2 Å². The molecule has 0 saturated carbocycles. The van der Waals surface area contributed by atoms with Gasteiger partial charge in [0.1, 0.15) is 11.4 Å². The van der Waals surface area contributed by atoms with E-state index in [0.29, 0.717) is 17.3 Å². The number of aromatic nitrogens is 2. The summed E-state index contributed by atoms with van der Waals surface area (Å²) in [6.45, 7) is 0.655. The van der Waals surface area contributed by atoms with Gasteiger partial charge >= 0.3 is 0 Å². The lowest BCUT2D eigenvalue weighted by molar-refractivity contribution is 0.0983. The zero-order valence-corrected chi connectivity index (χ0v) is 11.3. The fraction of sp³-hybridized carbons (Fsp3) is 0.286. The summed E-state index contributed by atoms with van der Waals surface area (Å²) in [6.07, 6.45) is 2.75. The number of Topliss-reactive ketones (excluding diaryl/α,β-unsaturated/α-hetero) is 1. The largest absolute Gasteiger partial charge is 0.493 e. The molecule has 1 aliphatic rings. The number of rotatable bonds is 3. The summed E-state index contributed by atoms with van der Waals surface area (Å²) in [7, 11) is 1.76. The Bertz CT molecular complexity index is 649. The van der Waals surface area contributed by atoms with Crippen molar-refractivity contribution in [2.75, 3.05) is 6.61 Å². The molecule has 2 aromatic rings. The number of fused-ring (bicyclic) bond motifs is 1. The van der Waals surface area contributed by atoms with Crippen LogP contribution in [0, 0.1) is 0 Å². The van der Waals surface area contributed by atoms with Crippen LogP contribution in [0.1, 0.15) is 21.6 Å². The van der Waals surface area contributed by atoms with E-state index in [2.05, 4.69) is 5.10 Å². The molecule has 0 fully saturated rings. The first kappa shape index (κ1) is 12.2. The van der Waals surface area contributed by atoms with Gasteiger partial charge in [-0.1, -0.05) is 11.6 Å².